The molecule has 0 unspecified atom stereocenters. The molecule has 1 N–H and O–H groups in total. The maximum absolute atomic E-state index is 12.5. The summed E-state index contributed by atoms with van der Waals surface area (Å²) in [6.07, 6.45) is 5.45. The summed E-state index contributed by atoms with van der Waals surface area (Å²) >= 11 is 1.45. The van der Waals surface area contributed by atoms with Crippen LogP contribution in [-0.2, 0) is 6.54 Å². The fourth-order valence-corrected chi connectivity index (χ4v) is 3.71. The van der Waals surface area contributed by atoms with Crippen LogP contribution in [0.25, 0.3) is 16.9 Å². The number of amides is 1. The predicted molar refractivity (Wildman–Crippen MR) is 107 cm³/mol. The monoisotopic (exact) mass is 374 g/mol. The Morgan fingerprint density at radius 3 is 2.59 bits per heavy atom. The summed E-state index contributed by atoms with van der Waals surface area (Å²) in [4.78, 5) is 17.3. The summed E-state index contributed by atoms with van der Waals surface area (Å²) in [5, 5.41) is 9.70. The second-order valence-corrected chi connectivity index (χ2v) is 7.05. The summed E-state index contributed by atoms with van der Waals surface area (Å²) in [7, 11) is 0. The number of aromatic nitrogens is 3. The molecule has 0 atom stereocenters. The number of pyridine rings is 1. The molecule has 0 bridgehead atoms. The highest BCUT2D eigenvalue weighted by Crippen LogP contribution is 2.23. The van der Waals surface area contributed by atoms with E-state index in [1.54, 1.807) is 12.4 Å². The third kappa shape index (κ3) is 3.66. The zero-order valence-electron chi connectivity index (χ0n) is 14.8. The van der Waals surface area contributed by atoms with Crippen molar-refractivity contribution in [3.8, 4) is 16.9 Å². The normalized spacial score (nSPS) is 10.7. The third-order valence-electron chi connectivity index (χ3n) is 4.27. The van der Waals surface area contributed by atoms with E-state index in [1.807, 2.05) is 71.7 Å². The molecule has 0 radical (unpaired) electrons. The first-order chi connectivity index (χ1) is 13.2. The number of nitrogens with one attached hydrogen (secondary N) is 1. The van der Waals surface area contributed by atoms with Gasteiger partial charge in [-0.15, -0.1) is 11.3 Å². The Labute approximate surface area is 161 Å². The molecule has 4 rings (SSSR count). The summed E-state index contributed by atoms with van der Waals surface area (Å²) in [6, 6.07) is 15.7. The zero-order chi connectivity index (χ0) is 18.6. The van der Waals surface area contributed by atoms with Crippen molar-refractivity contribution in [3.63, 3.8) is 0 Å². The first-order valence-corrected chi connectivity index (χ1v) is 9.47. The number of para-hydroxylation sites is 1. The highest BCUT2D eigenvalue weighted by molar-refractivity contribution is 7.12. The van der Waals surface area contributed by atoms with Crippen molar-refractivity contribution in [2.75, 3.05) is 0 Å². The molecule has 4 aromatic rings. The van der Waals surface area contributed by atoms with Crippen molar-refractivity contribution < 1.29 is 4.79 Å². The molecular formula is C21H18N4OS. The first-order valence-electron chi connectivity index (χ1n) is 8.59. The van der Waals surface area contributed by atoms with E-state index in [1.165, 1.54) is 11.3 Å². The van der Waals surface area contributed by atoms with Crippen LogP contribution >= 0.6 is 11.3 Å². The lowest BCUT2D eigenvalue weighted by Crippen LogP contribution is -2.22. The second-order valence-electron chi connectivity index (χ2n) is 6.13. The molecule has 1 amide bonds. The summed E-state index contributed by atoms with van der Waals surface area (Å²) in [5.74, 6) is -0.0596. The third-order valence-corrected chi connectivity index (χ3v) is 5.29. The predicted octanol–water partition coefficient (Wildman–Crippen LogP) is 4.23. The van der Waals surface area contributed by atoms with Crippen molar-refractivity contribution >= 4 is 17.2 Å². The summed E-state index contributed by atoms with van der Waals surface area (Å²) in [5.41, 5.74) is 4.72. The molecule has 0 saturated carbocycles. The number of nitrogens with zero attached hydrogens (tertiary/aromatic N) is 3. The van der Waals surface area contributed by atoms with E-state index < -0.39 is 0 Å². The van der Waals surface area contributed by atoms with Gasteiger partial charge in [0, 0.05) is 36.3 Å². The smallest absolute Gasteiger partial charge is 0.261 e. The van der Waals surface area contributed by atoms with Gasteiger partial charge in [0.25, 0.3) is 5.91 Å². The van der Waals surface area contributed by atoms with E-state index in [0.717, 1.165) is 32.9 Å². The molecule has 134 valence electrons. The lowest BCUT2D eigenvalue weighted by atomic mass is 10.1. The van der Waals surface area contributed by atoms with Crippen LogP contribution in [0.1, 0.15) is 20.8 Å². The minimum Gasteiger partial charge on any atom is -0.347 e. The summed E-state index contributed by atoms with van der Waals surface area (Å²) in [6.45, 7) is 2.35. The molecule has 5 nitrogen and oxygen atoms in total. The van der Waals surface area contributed by atoms with Crippen LogP contribution in [0.3, 0.4) is 0 Å². The van der Waals surface area contributed by atoms with E-state index in [4.69, 9.17) is 5.10 Å². The Morgan fingerprint density at radius 1 is 1.11 bits per heavy atom. The van der Waals surface area contributed by atoms with Gasteiger partial charge in [0.15, 0.2) is 0 Å². The Balaban J connectivity index is 1.65. The minimum absolute atomic E-state index is 0.0596. The number of carbonyl (C=O) groups is 1. The molecule has 3 aromatic heterocycles. The van der Waals surface area contributed by atoms with E-state index in [2.05, 4.69) is 10.3 Å². The van der Waals surface area contributed by atoms with Crippen molar-refractivity contribution in [1.82, 2.24) is 20.1 Å². The van der Waals surface area contributed by atoms with Gasteiger partial charge in [0.2, 0.25) is 0 Å². The van der Waals surface area contributed by atoms with Crippen LogP contribution in [-0.4, -0.2) is 20.7 Å². The van der Waals surface area contributed by atoms with Gasteiger partial charge < -0.3 is 5.32 Å². The quantitative estimate of drug-likeness (QED) is 0.569. The Kier molecular flexibility index (Phi) is 4.80. The maximum atomic E-state index is 12.5. The van der Waals surface area contributed by atoms with Crippen LogP contribution in [0.5, 0.6) is 0 Å². The molecule has 27 heavy (non-hydrogen) atoms. The largest absolute Gasteiger partial charge is 0.347 e. The van der Waals surface area contributed by atoms with Gasteiger partial charge in [-0.3, -0.25) is 9.78 Å². The zero-order valence-corrected chi connectivity index (χ0v) is 15.6. The number of rotatable bonds is 5. The topological polar surface area (TPSA) is 59.8 Å². The Bertz CT molecular complexity index is 1050. The number of benzene rings is 1. The molecule has 0 saturated heterocycles. The number of hydrogen-bond acceptors (Lipinski definition) is 4. The number of hydrogen-bond donors (Lipinski definition) is 1. The molecule has 0 aliphatic rings. The van der Waals surface area contributed by atoms with E-state index in [9.17, 15) is 4.79 Å². The van der Waals surface area contributed by atoms with Gasteiger partial charge in [0.05, 0.1) is 16.3 Å². The van der Waals surface area contributed by atoms with Gasteiger partial charge in [-0.1, -0.05) is 18.2 Å². The van der Waals surface area contributed by atoms with Gasteiger partial charge in [-0.05, 0) is 48.2 Å². The van der Waals surface area contributed by atoms with Crippen LogP contribution in [0, 0.1) is 6.92 Å². The number of aryl methyl sites for hydroxylation is 1. The lowest BCUT2D eigenvalue weighted by molar-refractivity contribution is 0.0954. The van der Waals surface area contributed by atoms with Crippen LogP contribution < -0.4 is 5.32 Å². The van der Waals surface area contributed by atoms with Crippen LogP contribution in [0.2, 0.25) is 0 Å². The van der Waals surface area contributed by atoms with Gasteiger partial charge in [-0.2, -0.15) is 5.10 Å². The highest BCUT2D eigenvalue weighted by Gasteiger charge is 2.15. The molecule has 0 aliphatic heterocycles. The Hall–Kier alpha value is -3.25. The second kappa shape index (κ2) is 7.55. The van der Waals surface area contributed by atoms with Crippen molar-refractivity contribution in [1.29, 1.82) is 0 Å². The van der Waals surface area contributed by atoms with Crippen molar-refractivity contribution in [2.24, 2.45) is 0 Å². The molecule has 0 fully saturated rings. The SMILES string of the molecule is Cc1ccsc1C(=O)NCc1cn(-c2ccccc2)nc1-c1ccncc1. The molecule has 3 heterocycles. The number of carbonyl (C=O) groups excluding carboxylic acids is 1. The minimum atomic E-state index is -0.0596. The lowest BCUT2D eigenvalue weighted by Gasteiger charge is -2.05. The van der Waals surface area contributed by atoms with Crippen LogP contribution in [0.15, 0.2) is 72.5 Å². The molecule has 0 aliphatic carbocycles. The van der Waals surface area contributed by atoms with Gasteiger partial charge in [0.1, 0.15) is 0 Å². The molecule has 0 spiro atoms. The fourth-order valence-electron chi connectivity index (χ4n) is 2.87. The Morgan fingerprint density at radius 2 is 1.89 bits per heavy atom. The summed E-state index contributed by atoms with van der Waals surface area (Å²) < 4.78 is 1.84. The molecule has 6 heteroatoms. The maximum Gasteiger partial charge on any atom is 0.261 e. The average molecular weight is 374 g/mol. The highest BCUT2D eigenvalue weighted by atomic mass is 32.1. The molecular weight excluding hydrogens is 356 g/mol. The standard InChI is InChI=1S/C21H18N4OS/c1-15-9-12-27-20(15)21(26)23-13-17-14-25(18-5-3-2-4-6-18)24-19(17)16-7-10-22-11-8-16/h2-12,14H,13H2,1H3,(H,23,26). The van der Waals surface area contributed by atoms with E-state index >= 15 is 0 Å². The van der Waals surface area contributed by atoms with Gasteiger partial charge in [-0.25, -0.2) is 4.68 Å². The van der Waals surface area contributed by atoms with Gasteiger partial charge >= 0.3 is 0 Å². The molecule has 1 aromatic carbocycles. The van der Waals surface area contributed by atoms with Crippen LogP contribution in [0.4, 0.5) is 0 Å². The van der Waals surface area contributed by atoms with E-state index in [0.29, 0.717) is 6.54 Å². The van der Waals surface area contributed by atoms with E-state index in [-0.39, 0.29) is 5.91 Å². The fraction of sp³-hybridized carbons (Fsp3) is 0.0952. The number of thiophene rings is 1. The average Bonchev–Trinajstić information content (AvgIpc) is 3.34. The first kappa shape index (κ1) is 17.2. The van der Waals surface area contributed by atoms with Crippen molar-refractivity contribution in [3.05, 3.63) is 88.5 Å². The van der Waals surface area contributed by atoms with Crippen molar-refractivity contribution in [2.45, 2.75) is 13.5 Å².